The van der Waals surface area contributed by atoms with Gasteiger partial charge in [0.25, 0.3) is 5.91 Å². The number of aryl methyl sites for hydroxylation is 3. The van der Waals surface area contributed by atoms with Gasteiger partial charge in [-0.15, -0.1) is 0 Å². The quantitative estimate of drug-likeness (QED) is 0.454. The van der Waals surface area contributed by atoms with E-state index in [1.165, 1.54) is 0 Å². The first-order valence-corrected chi connectivity index (χ1v) is 9.89. The fourth-order valence-electron chi connectivity index (χ4n) is 3.70. The maximum atomic E-state index is 13.3. The number of pyridine rings is 1. The molecule has 150 valence electrons. The molecule has 0 spiro atoms. The number of nitrogens with one attached hydrogen (secondary N) is 1. The number of rotatable bonds is 4. The van der Waals surface area contributed by atoms with Crippen LogP contribution in [0.25, 0.3) is 22.2 Å². The lowest BCUT2D eigenvalue weighted by Crippen LogP contribution is -2.13. The van der Waals surface area contributed by atoms with Crippen LogP contribution in [0.4, 0.5) is 5.69 Å². The summed E-state index contributed by atoms with van der Waals surface area (Å²) in [5, 5.41) is 3.90. The number of methoxy groups -OCH3 is 1. The van der Waals surface area contributed by atoms with Crippen molar-refractivity contribution in [3.63, 3.8) is 0 Å². The molecule has 30 heavy (non-hydrogen) atoms. The topological polar surface area (TPSA) is 51.2 Å². The first-order chi connectivity index (χ1) is 14.4. The second-order valence-electron chi connectivity index (χ2n) is 7.59. The van der Waals surface area contributed by atoms with E-state index in [4.69, 9.17) is 9.72 Å². The molecule has 0 aliphatic rings. The summed E-state index contributed by atoms with van der Waals surface area (Å²) >= 11 is 0. The van der Waals surface area contributed by atoms with Crippen molar-refractivity contribution in [3.05, 3.63) is 89.0 Å². The molecule has 4 heteroatoms. The SMILES string of the molecule is COc1ccc(-c2cc(C(=O)Nc3cccc(C)c3)c3cc(C)cc(C)c3n2)cc1. The zero-order valence-electron chi connectivity index (χ0n) is 17.6. The molecule has 3 aromatic carbocycles. The molecule has 1 aromatic heterocycles. The number of nitrogens with zero attached hydrogens (tertiary/aromatic N) is 1. The van der Waals surface area contributed by atoms with E-state index in [1.54, 1.807) is 7.11 Å². The Morgan fingerprint density at radius 2 is 1.67 bits per heavy atom. The second-order valence-corrected chi connectivity index (χ2v) is 7.59. The molecule has 0 fully saturated rings. The third-order valence-electron chi connectivity index (χ3n) is 5.15. The van der Waals surface area contributed by atoms with Gasteiger partial charge in [0.05, 0.1) is 23.9 Å². The number of hydrogen-bond acceptors (Lipinski definition) is 3. The number of anilines is 1. The van der Waals surface area contributed by atoms with Gasteiger partial charge in [0, 0.05) is 16.6 Å². The summed E-state index contributed by atoms with van der Waals surface area (Å²) in [7, 11) is 1.64. The van der Waals surface area contributed by atoms with Crippen LogP contribution in [0.15, 0.2) is 66.7 Å². The van der Waals surface area contributed by atoms with Gasteiger partial charge in [-0.3, -0.25) is 4.79 Å². The summed E-state index contributed by atoms with van der Waals surface area (Å²) in [4.78, 5) is 18.2. The number of carbonyl (C=O) groups excluding carboxylic acids is 1. The normalized spacial score (nSPS) is 10.8. The van der Waals surface area contributed by atoms with Crippen molar-refractivity contribution < 1.29 is 9.53 Å². The van der Waals surface area contributed by atoms with Crippen molar-refractivity contribution in [2.45, 2.75) is 20.8 Å². The molecule has 0 aliphatic carbocycles. The van der Waals surface area contributed by atoms with Gasteiger partial charge in [0.15, 0.2) is 0 Å². The Bertz CT molecular complexity index is 1240. The number of ether oxygens (including phenoxy) is 1. The van der Waals surface area contributed by atoms with Crippen molar-refractivity contribution in [2.24, 2.45) is 0 Å². The van der Waals surface area contributed by atoms with E-state index in [9.17, 15) is 4.79 Å². The van der Waals surface area contributed by atoms with Crippen LogP contribution in [-0.4, -0.2) is 18.0 Å². The predicted octanol–water partition coefficient (Wildman–Crippen LogP) is 6.09. The minimum atomic E-state index is -0.146. The molecular formula is C26H24N2O2. The maximum absolute atomic E-state index is 13.3. The third kappa shape index (κ3) is 3.90. The molecule has 0 saturated heterocycles. The van der Waals surface area contributed by atoms with E-state index in [-0.39, 0.29) is 5.91 Å². The molecule has 1 heterocycles. The Hall–Kier alpha value is -3.66. The fraction of sp³-hybridized carbons (Fsp3) is 0.154. The summed E-state index contributed by atoms with van der Waals surface area (Å²) in [5.74, 6) is 0.636. The lowest BCUT2D eigenvalue weighted by molar-refractivity contribution is 0.102. The van der Waals surface area contributed by atoms with Gasteiger partial charge in [0.1, 0.15) is 5.75 Å². The Morgan fingerprint density at radius 1 is 0.900 bits per heavy atom. The molecule has 0 unspecified atom stereocenters. The zero-order valence-corrected chi connectivity index (χ0v) is 17.6. The van der Waals surface area contributed by atoms with Gasteiger partial charge < -0.3 is 10.1 Å². The molecule has 0 radical (unpaired) electrons. The summed E-state index contributed by atoms with van der Waals surface area (Å²) < 4.78 is 5.26. The summed E-state index contributed by atoms with van der Waals surface area (Å²) in [5.41, 5.74) is 7.16. The Labute approximate surface area is 176 Å². The van der Waals surface area contributed by atoms with Crippen LogP contribution < -0.4 is 10.1 Å². The molecule has 4 rings (SSSR count). The number of hydrogen-bond donors (Lipinski definition) is 1. The largest absolute Gasteiger partial charge is 0.497 e. The van der Waals surface area contributed by atoms with Crippen LogP contribution in [0.1, 0.15) is 27.0 Å². The van der Waals surface area contributed by atoms with Crippen LogP contribution in [0, 0.1) is 20.8 Å². The Morgan fingerprint density at radius 3 is 2.37 bits per heavy atom. The van der Waals surface area contributed by atoms with Crippen LogP contribution >= 0.6 is 0 Å². The van der Waals surface area contributed by atoms with Crippen LogP contribution in [0.5, 0.6) is 5.75 Å². The highest BCUT2D eigenvalue weighted by Crippen LogP contribution is 2.29. The van der Waals surface area contributed by atoms with Crippen LogP contribution in [-0.2, 0) is 0 Å². The van der Waals surface area contributed by atoms with Gasteiger partial charge in [-0.1, -0.05) is 23.8 Å². The Kier molecular flexibility index (Phi) is 5.23. The molecule has 1 N–H and O–H groups in total. The van der Waals surface area contributed by atoms with Crippen LogP contribution in [0.3, 0.4) is 0 Å². The zero-order chi connectivity index (χ0) is 21.3. The lowest BCUT2D eigenvalue weighted by atomic mass is 9.99. The molecular weight excluding hydrogens is 372 g/mol. The highest BCUT2D eigenvalue weighted by Gasteiger charge is 2.16. The minimum Gasteiger partial charge on any atom is -0.497 e. The number of amides is 1. The number of fused-ring (bicyclic) bond motifs is 1. The van der Waals surface area contributed by atoms with Crippen molar-refractivity contribution in [1.82, 2.24) is 4.98 Å². The number of benzene rings is 3. The summed E-state index contributed by atoms with van der Waals surface area (Å²) in [6, 6.07) is 21.5. The monoisotopic (exact) mass is 396 g/mol. The van der Waals surface area contributed by atoms with Crippen molar-refractivity contribution in [3.8, 4) is 17.0 Å². The van der Waals surface area contributed by atoms with Crippen molar-refractivity contribution in [1.29, 1.82) is 0 Å². The third-order valence-corrected chi connectivity index (χ3v) is 5.15. The number of carbonyl (C=O) groups is 1. The molecule has 4 aromatic rings. The molecule has 0 atom stereocenters. The molecule has 0 bridgehead atoms. The first kappa shape index (κ1) is 19.6. The second kappa shape index (κ2) is 7.99. The minimum absolute atomic E-state index is 0.146. The smallest absolute Gasteiger partial charge is 0.256 e. The highest BCUT2D eigenvalue weighted by atomic mass is 16.5. The van der Waals surface area contributed by atoms with E-state index in [1.807, 2.05) is 81.4 Å². The summed E-state index contributed by atoms with van der Waals surface area (Å²) in [6.07, 6.45) is 0. The Balaban J connectivity index is 1.86. The van der Waals surface area contributed by atoms with Gasteiger partial charge in [-0.2, -0.15) is 0 Å². The van der Waals surface area contributed by atoms with E-state index < -0.39 is 0 Å². The predicted molar refractivity (Wildman–Crippen MR) is 122 cm³/mol. The first-order valence-electron chi connectivity index (χ1n) is 9.89. The standard InChI is InChI=1S/C26H24N2O2/c1-16-6-5-7-20(13-16)27-26(29)23-15-24(19-8-10-21(30-4)11-9-19)28-25-18(3)12-17(2)14-22(23)25/h5-15H,1-4H3,(H,27,29). The van der Waals surface area contributed by atoms with Crippen LogP contribution in [0.2, 0.25) is 0 Å². The lowest BCUT2D eigenvalue weighted by Gasteiger charge is -2.13. The van der Waals surface area contributed by atoms with Gasteiger partial charge in [0.2, 0.25) is 0 Å². The average molecular weight is 396 g/mol. The molecule has 4 nitrogen and oxygen atoms in total. The number of aromatic nitrogens is 1. The van der Waals surface area contributed by atoms with Gasteiger partial charge in [-0.05, 0) is 80.4 Å². The van der Waals surface area contributed by atoms with E-state index in [0.29, 0.717) is 5.56 Å². The van der Waals surface area contributed by atoms with E-state index >= 15 is 0 Å². The molecule has 0 aliphatic heterocycles. The van der Waals surface area contributed by atoms with Crippen molar-refractivity contribution in [2.75, 3.05) is 12.4 Å². The molecule has 1 amide bonds. The molecule has 0 saturated carbocycles. The maximum Gasteiger partial charge on any atom is 0.256 e. The van der Waals surface area contributed by atoms with E-state index in [0.717, 1.165) is 50.3 Å². The fourth-order valence-corrected chi connectivity index (χ4v) is 3.70. The van der Waals surface area contributed by atoms with Crippen molar-refractivity contribution >= 4 is 22.5 Å². The van der Waals surface area contributed by atoms with Gasteiger partial charge in [-0.25, -0.2) is 4.98 Å². The van der Waals surface area contributed by atoms with Gasteiger partial charge >= 0.3 is 0 Å². The van der Waals surface area contributed by atoms with E-state index in [2.05, 4.69) is 11.4 Å². The summed E-state index contributed by atoms with van der Waals surface area (Å²) in [6.45, 7) is 6.07. The highest BCUT2D eigenvalue weighted by molar-refractivity contribution is 6.13. The average Bonchev–Trinajstić information content (AvgIpc) is 2.73.